The van der Waals surface area contributed by atoms with Gasteiger partial charge in [0, 0.05) is 12.1 Å². The molecule has 4 heteroatoms. The number of nitrogens with two attached hydrogens (primary N) is 1. The Hall–Kier alpha value is -1.13. The SMILES string of the molecule is COc1ccc(C(C)N(C)CCC(N)C(C)C)cc1F. The lowest BCUT2D eigenvalue weighted by atomic mass is 10.0. The van der Waals surface area contributed by atoms with E-state index in [4.69, 9.17) is 10.5 Å². The van der Waals surface area contributed by atoms with Crippen molar-refractivity contribution in [3.63, 3.8) is 0 Å². The van der Waals surface area contributed by atoms with E-state index in [0.717, 1.165) is 18.5 Å². The van der Waals surface area contributed by atoms with Crippen LogP contribution < -0.4 is 10.5 Å². The molecular formula is C16H27FN2O. The van der Waals surface area contributed by atoms with E-state index in [1.54, 1.807) is 12.1 Å². The second-order valence-electron chi connectivity index (χ2n) is 5.75. The van der Waals surface area contributed by atoms with Crippen LogP contribution in [0.25, 0.3) is 0 Å². The molecule has 0 bridgehead atoms. The highest BCUT2D eigenvalue weighted by Gasteiger charge is 2.16. The Bertz CT molecular complexity index is 423. The van der Waals surface area contributed by atoms with Crippen molar-refractivity contribution in [3.05, 3.63) is 29.6 Å². The molecule has 0 spiro atoms. The molecule has 1 aromatic rings. The van der Waals surface area contributed by atoms with Gasteiger partial charge in [-0.1, -0.05) is 19.9 Å². The summed E-state index contributed by atoms with van der Waals surface area (Å²) >= 11 is 0. The summed E-state index contributed by atoms with van der Waals surface area (Å²) in [4.78, 5) is 2.20. The molecule has 20 heavy (non-hydrogen) atoms. The van der Waals surface area contributed by atoms with Crippen molar-refractivity contribution < 1.29 is 9.13 Å². The van der Waals surface area contributed by atoms with Crippen LogP contribution >= 0.6 is 0 Å². The third-order valence-electron chi connectivity index (χ3n) is 3.99. The second kappa shape index (κ2) is 7.60. The minimum absolute atomic E-state index is 0.148. The van der Waals surface area contributed by atoms with E-state index < -0.39 is 0 Å². The number of hydrogen-bond donors (Lipinski definition) is 1. The quantitative estimate of drug-likeness (QED) is 0.834. The first kappa shape index (κ1) is 16.9. The van der Waals surface area contributed by atoms with Crippen molar-refractivity contribution in [2.45, 2.75) is 39.3 Å². The van der Waals surface area contributed by atoms with Gasteiger partial charge in [0.15, 0.2) is 11.6 Å². The Morgan fingerprint density at radius 1 is 1.30 bits per heavy atom. The van der Waals surface area contributed by atoms with E-state index in [1.165, 1.54) is 7.11 Å². The molecule has 2 N–H and O–H groups in total. The summed E-state index contributed by atoms with van der Waals surface area (Å²) in [5.74, 6) is 0.451. The van der Waals surface area contributed by atoms with E-state index in [0.29, 0.717) is 5.92 Å². The minimum Gasteiger partial charge on any atom is -0.494 e. The van der Waals surface area contributed by atoms with Crippen LogP contribution in [0.1, 0.15) is 38.8 Å². The molecular weight excluding hydrogens is 255 g/mol. The van der Waals surface area contributed by atoms with E-state index in [9.17, 15) is 4.39 Å². The summed E-state index contributed by atoms with van der Waals surface area (Å²) < 4.78 is 18.7. The maximum atomic E-state index is 13.7. The summed E-state index contributed by atoms with van der Waals surface area (Å²) in [7, 11) is 3.51. The summed E-state index contributed by atoms with van der Waals surface area (Å²) in [5.41, 5.74) is 7.01. The van der Waals surface area contributed by atoms with Gasteiger partial charge < -0.3 is 10.5 Å². The van der Waals surface area contributed by atoms with Gasteiger partial charge in [0.25, 0.3) is 0 Å². The molecule has 0 radical (unpaired) electrons. The highest BCUT2D eigenvalue weighted by Crippen LogP contribution is 2.24. The Labute approximate surface area is 121 Å². The lowest BCUT2D eigenvalue weighted by Gasteiger charge is -2.27. The van der Waals surface area contributed by atoms with Crippen LogP contribution in [0, 0.1) is 11.7 Å². The number of halogens is 1. The average molecular weight is 282 g/mol. The molecule has 0 fully saturated rings. The molecule has 0 heterocycles. The molecule has 0 aliphatic rings. The molecule has 2 unspecified atom stereocenters. The number of methoxy groups -OCH3 is 1. The Morgan fingerprint density at radius 3 is 2.45 bits per heavy atom. The predicted octanol–water partition coefficient (Wildman–Crippen LogP) is 3.20. The predicted molar refractivity (Wildman–Crippen MR) is 81.4 cm³/mol. The van der Waals surface area contributed by atoms with Crippen molar-refractivity contribution in [3.8, 4) is 5.75 Å². The lowest BCUT2D eigenvalue weighted by Crippen LogP contribution is -2.33. The van der Waals surface area contributed by atoms with Gasteiger partial charge in [0.05, 0.1) is 7.11 Å². The molecule has 1 aromatic carbocycles. The molecule has 0 aliphatic heterocycles. The zero-order chi connectivity index (χ0) is 15.3. The van der Waals surface area contributed by atoms with Crippen molar-refractivity contribution in [2.75, 3.05) is 20.7 Å². The number of rotatable bonds is 7. The fourth-order valence-corrected chi connectivity index (χ4v) is 2.08. The molecule has 114 valence electrons. The van der Waals surface area contributed by atoms with Crippen molar-refractivity contribution in [2.24, 2.45) is 11.7 Å². The number of hydrogen-bond acceptors (Lipinski definition) is 3. The Balaban J connectivity index is 2.64. The average Bonchev–Trinajstić information content (AvgIpc) is 2.43. The zero-order valence-corrected chi connectivity index (χ0v) is 13.2. The molecule has 0 saturated heterocycles. The van der Waals surface area contributed by atoms with Gasteiger partial charge in [-0.25, -0.2) is 4.39 Å². The van der Waals surface area contributed by atoms with Gasteiger partial charge in [0.1, 0.15) is 0 Å². The smallest absolute Gasteiger partial charge is 0.165 e. The summed E-state index contributed by atoms with van der Waals surface area (Å²) in [5, 5.41) is 0. The molecule has 1 rings (SSSR count). The second-order valence-corrected chi connectivity index (χ2v) is 5.75. The number of benzene rings is 1. The van der Waals surface area contributed by atoms with E-state index >= 15 is 0 Å². The molecule has 0 aromatic heterocycles. The molecule has 3 nitrogen and oxygen atoms in total. The fraction of sp³-hybridized carbons (Fsp3) is 0.625. The van der Waals surface area contributed by atoms with Crippen molar-refractivity contribution in [1.29, 1.82) is 0 Å². The van der Waals surface area contributed by atoms with Crippen molar-refractivity contribution in [1.82, 2.24) is 4.90 Å². The first-order valence-corrected chi connectivity index (χ1v) is 7.16. The maximum absolute atomic E-state index is 13.7. The van der Waals surface area contributed by atoms with Gasteiger partial charge >= 0.3 is 0 Å². The van der Waals surface area contributed by atoms with Gasteiger partial charge in [0.2, 0.25) is 0 Å². The van der Waals surface area contributed by atoms with Gasteiger partial charge in [-0.2, -0.15) is 0 Å². The molecule has 2 atom stereocenters. The van der Waals surface area contributed by atoms with Crippen LogP contribution in [0.4, 0.5) is 4.39 Å². The lowest BCUT2D eigenvalue weighted by molar-refractivity contribution is 0.242. The Morgan fingerprint density at radius 2 is 1.95 bits per heavy atom. The van der Waals surface area contributed by atoms with Crippen LogP contribution in [-0.2, 0) is 0 Å². The van der Waals surface area contributed by atoms with Crippen LogP contribution in [0.3, 0.4) is 0 Å². The van der Waals surface area contributed by atoms with E-state index in [2.05, 4.69) is 25.7 Å². The first-order valence-electron chi connectivity index (χ1n) is 7.16. The number of ether oxygens (including phenoxy) is 1. The van der Waals surface area contributed by atoms with Crippen LogP contribution in [0.15, 0.2) is 18.2 Å². The highest BCUT2D eigenvalue weighted by atomic mass is 19.1. The standard InChI is InChI=1S/C16H27FN2O/c1-11(2)15(18)8-9-19(4)12(3)13-6-7-16(20-5)14(17)10-13/h6-7,10-12,15H,8-9,18H2,1-5H3. The molecule has 0 aliphatic carbocycles. The molecule has 0 saturated carbocycles. The molecule has 0 amide bonds. The van der Waals surface area contributed by atoms with Crippen molar-refractivity contribution >= 4 is 0 Å². The third-order valence-corrected chi connectivity index (χ3v) is 3.99. The first-order chi connectivity index (χ1) is 9.36. The normalized spacial score (nSPS) is 14.7. The van der Waals surface area contributed by atoms with Gasteiger partial charge in [-0.3, -0.25) is 4.90 Å². The monoisotopic (exact) mass is 282 g/mol. The van der Waals surface area contributed by atoms with Crippen LogP contribution in [-0.4, -0.2) is 31.6 Å². The van der Waals surface area contributed by atoms with Gasteiger partial charge in [-0.05, 0) is 50.6 Å². The van der Waals surface area contributed by atoms with Crippen LogP contribution in [0.2, 0.25) is 0 Å². The number of nitrogens with zero attached hydrogens (tertiary/aromatic N) is 1. The minimum atomic E-state index is -0.316. The third kappa shape index (κ3) is 4.46. The zero-order valence-electron chi connectivity index (χ0n) is 13.2. The highest BCUT2D eigenvalue weighted by molar-refractivity contribution is 5.30. The van der Waals surface area contributed by atoms with E-state index in [-0.39, 0.29) is 23.7 Å². The van der Waals surface area contributed by atoms with E-state index in [1.807, 2.05) is 13.1 Å². The summed E-state index contributed by atoms with van der Waals surface area (Å²) in [6.45, 7) is 7.23. The fourth-order valence-electron chi connectivity index (χ4n) is 2.08. The van der Waals surface area contributed by atoms with Crippen LogP contribution in [0.5, 0.6) is 5.75 Å². The summed E-state index contributed by atoms with van der Waals surface area (Å²) in [6.07, 6.45) is 0.942. The summed E-state index contributed by atoms with van der Waals surface area (Å²) in [6, 6.07) is 5.48. The maximum Gasteiger partial charge on any atom is 0.165 e. The Kier molecular flexibility index (Phi) is 6.43. The largest absolute Gasteiger partial charge is 0.494 e. The van der Waals surface area contributed by atoms with Gasteiger partial charge in [-0.15, -0.1) is 0 Å². The topological polar surface area (TPSA) is 38.5 Å².